The molecule has 1 nitrogen and oxygen atoms in total. The number of hydrogen-bond donors (Lipinski definition) is 1. The number of rotatable bonds is 3. The van der Waals surface area contributed by atoms with E-state index < -0.39 is 0 Å². The summed E-state index contributed by atoms with van der Waals surface area (Å²) >= 11 is 0. The zero-order chi connectivity index (χ0) is 9.14. The lowest BCUT2D eigenvalue weighted by Gasteiger charge is -2.01. The second-order valence-electron chi connectivity index (χ2n) is 2.94. The molecule has 0 amide bonds. The molecular formula is C11H15N. The minimum Gasteiger partial charge on any atom is -0.361 e. The third-order valence-electron chi connectivity index (χ3n) is 2.00. The van der Waals surface area contributed by atoms with Crippen molar-refractivity contribution in [2.24, 2.45) is 0 Å². The Kier molecular flexibility index (Phi) is 2.54. The van der Waals surface area contributed by atoms with E-state index in [1.807, 2.05) is 19.2 Å². The van der Waals surface area contributed by atoms with Crippen molar-refractivity contribution in [3.05, 3.63) is 36.2 Å². The van der Waals surface area contributed by atoms with E-state index in [0.717, 1.165) is 17.7 Å². The van der Waals surface area contributed by atoms with Crippen molar-refractivity contribution >= 4 is 11.6 Å². The second-order valence-corrected chi connectivity index (χ2v) is 2.94. The standard InChI is InChI=1S/C11H15N/c1-5-9-7-12-10(6-2)11(9)8(3)4/h6-7,12H,2-3,5H2,1,4H3. The van der Waals surface area contributed by atoms with Crippen LogP contribution in [0, 0.1) is 0 Å². The number of aromatic amines is 1. The first-order chi connectivity index (χ1) is 5.70. The maximum atomic E-state index is 3.95. The maximum Gasteiger partial charge on any atom is 0.0453 e. The first-order valence-corrected chi connectivity index (χ1v) is 4.19. The van der Waals surface area contributed by atoms with Crippen LogP contribution in [0.2, 0.25) is 0 Å². The Morgan fingerprint density at radius 3 is 2.75 bits per heavy atom. The van der Waals surface area contributed by atoms with E-state index in [0.29, 0.717) is 0 Å². The molecule has 0 spiro atoms. The van der Waals surface area contributed by atoms with E-state index in [-0.39, 0.29) is 0 Å². The molecule has 1 aromatic heterocycles. The topological polar surface area (TPSA) is 15.8 Å². The van der Waals surface area contributed by atoms with E-state index >= 15 is 0 Å². The highest BCUT2D eigenvalue weighted by atomic mass is 14.7. The summed E-state index contributed by atoms with van der Waals surface area (Å²) in [6, 6.07) is 0. The maximum absolute atomic E-state index is 3.95. The van der Waals surface area contributed by atoms with E-state index in [9.17, 15) is 0 Å². The van der Waals surface area contributed by atoms with Crippen LogP contribution in [0.1, 0.15) is 30.7 Å². The lowest BCUT2D eigenvalue weighted by molar-refractivity contribution is 1.14. The van der Waals surface area contributed by atoms with Gasteiger partial charge in [-0.25, -0.2) is 0 Å². The molecule has 1 N–H and O–H groups in total. The number of nitrogens with one attached hydrogen (secondary N) is 1. The number of H-pyrrole nitrogens is 1. The Morgan fingerprint density at radius 2 is 2.33 bits per heavy atom. The molecule has 0 saturated carbocycles. The van der Waals surface area contributed by atoms with Gasteiger partial charge >= 0.3 is 0 Å². The van der Waals surface area contributed by atoms with Crippen LogP contribution in [0.3, 0.4) is 0 Å². The largest absolute Gasteiger partial charge is 0.361 e. The SMILES string of the molecule is C=Cc1[nH]cc(CC)c1C(=C)C. The van der Waals surface area contributed by atoms with Crippen molar-refractivity contribution in [1.29, 1.82) is 0 Å². The lowest BCUT2D eigenvalue weighted by Crippen LogP contribution is -1.85. The molecule has 0 bridgehead atoms. The fourth-order valence-electron chi connectivity index (χ4n) is 1.43. The fraction of sp³-hybridized carbons (Fsp3) is 0.273. The summed E-state index contributed by atoms with van der Waals surface area (Å²) in [6.07, 6.45) is 4.90. The van der Waals surface area contributed by atoms with Gasteiger partial charge in [0.2, 0.25) is 0 Å². The monoisotopic (exact) mass is 161 g/mol. The van der Waals surface area contributed by atoms with E-state index in [4.69, 9.17) is 0 Å². The smallest absolute Gasteiger partial charge is 0.0453 e. The van der Waals surface area contributed by atoms with Gasteiger partial charge in [-0.05, 0) is 30.6 Å². The van der Waals surface area contributed by atoms with Gasteiger partial charge in [0.25, 0.3) is 0 Å². The Balaban J connectivity index is 3.25. The van der Waals surface area contributed by atoms with Crippen LogP contribution in [-0.4, -0.2) is 4.98 Å². The molecule has 1 heterocycles. The molecule has 0 unspecified atom stereocenters. The predicted molar refractivity (Wildman–Crippen MR) is 55.0 cm³/mol. The molecule has 0 fully saturated rings. The molecule has 0 atom stereocenters. The highest BCUT2D eigenvalue weighted by molar-refractivity contribution is 5.72. The molecule has 1 rings (SSSR count). The summed E-state index contributed by atoms with van der Waals surface area (Å²) in [4.78, 5) is 3.18. The van der Waals surface area contributed by atoms with Crippen molar-refractivity contribution in [1.82, 2.24) is 4.98 Å². The van der Waals surface area contributed by atoms with Gasteiger partial charge in [0, 0.05) is 17.5 Å². The number of allylic oxidation sites excluding steroid dienone is 1. The van der Waals surface area contributed by atoms with Gasteiger partial charge in [0.05, 0.1) is 0 Å². The van der Waals surface area contributed by atoms with Crippen LogP contribution in [-0.2, 0) is 6.42 Å². The number of aryl methyl sites for hydroxylation is 1. The Morgan fingerprint density at radius 1 is 1.67 bits per heavy atom. The summed E-state index contributed by atoms with van der Waals surface area (Å²) in [5, 5.41) is 0. The van der Waals surface area contributed by atoms with Crippen molar-refractivity contribution in [2.75, 3.05) is 0 Å². The molecule has 1 aromatic rings. The summed E-state index contributed by atoms with van der Waals surface area (Å²) in [5.41, 5.74) is 4.73. The summed E-state index contributed by atoms with van der Waals surface area (Å²) in [7, 11) is 0. The molecule has 0 aliphatic carbocycles. The van der Waals surface area contributed by atoms with E-state index in [2.05, 4.69) is 25.1 Å². The molecule has 12 heavy (non-hydrogen) atoms. The van der Waals surface area contributed by atoms with Gasteiger partial charge < -0.3 is 4.98 Å². The molecule has 0 aromatic carbocycles. The molecular weight excluding hydrogens is 146 g/mol. The first kappa shape index (κ1) is 8.85. The Bertz CT molecular complexity index is 305. The molecule has 0 aliphatic heterocycles. The minimum absolute atomic E-state index is 1.03. The van der Waals surface area contributed by atoms with Crippen molar-refractivity contribution in [3.8, 4) is 0 Å². The Labute approximate surface area is 73.8 Å². The number of hydrogen-bond acceptors (Lipinski definition) is 0. The molecule has 0 saturated heterocycles. The third-order valence-corrected chi connectivity index (χ3v) is 2.00. The normalized spacial score (nSPS) is 9.83. The van der Waals surface area contributed by atoms with Gasteiger partial charge in [-0.1, -0.05) is 20.1 Å². The van der Waals surface area contributed by atoms with Crippen LogP contribution in [0.4, 0.5) is 0 Å². The van der Waals surface area contributed by atoms with Crippen LogP contribution in [0.15, 0.2) is 19.4 Å². The van der Waals surface area contributed by atoms with Crippen LogP contribution in [0.25, 0.3) is 11.6 Å². The van der Waals surface area contributed by atoms with Crippen molar-refractivity contribution < 1.29 is 0 Å². The molecule has 0 radical (unpaired) electrons. The van der Waals surface area contributed by atoms with Gasteiger partial charge in [0.15, 0.2) is 0 Å². The quantitative estimate of drug-likeness (QED) is 0.700. The average molecular weight is 161 g/mol. The van der Waals surface area contributed by atoms with E-state index in [1.165, 1.54) is 11.1 Å². The number of aromatic nitrogens is 1. The van der Waals surface area contributed by atoms with Crippen LogP contribution in [0.5, 0.6) is 0 Å². The van der Waals surface area contributed by atoms with Crippen molar-refractivity contribution in [2.45, 2.75) is 20.3 Å². The third kappa shape index (κ3) is 1.35. The summed E-state index contributed by atoms with van der Waals surface area (Å²) in [6.45, 7) is 11.9. The molecule has 1 heteroatoms. The van der Waals surface area contributed by atoms with Gasteiger partial charge in [-0.3, -0.25) is 0 Å². The second kappa shape index (κ2) is 3.44. The molecule has 0 aliphatic rings. The first-order valence-electron chi connectivity index (χ1n) is 4.19. The fourth-order valence-corrected chi connectivity index (χ4v) is 1.43. The zero-order valence-electron chi connectivity index (χ0n) is 7.78. The van der Waals surface area contributed by atoms with Crippen LogP contribution >= 0.6 is 0 Å². The minimum atomic E-state index is 1.03. The van der Waals surface area contributed by atoms with Crippen molar-refractivity contribution in [3.63, 3.8) is 0 Å². The zero-order valence-corrected chi connectivity index (χ0v) is 7.78. The Hall–Kier alpha value is -1.24. The van der Waals surface area contributed by atoms with Crippen LogP contribution < -0.4 is 0 Å². The average Bonchev–Trinajstić information content (AvgIpc) is 2.46. The van der Waals surface area contributed by atoms with Gasteiger partial charge in [-0.2, -0.15) is 0 Å². The summed E-state index contributed by atoms with van der Waals surface area (Å²) in [5.74, 6) is 0. The highest BCUT2D eigenvalue weighted by Crippen LogP contribution is 2.22. The van der Waals surface area contributed by atoms with Gasteiger partial charge in [0.1, 0.15) is 0 Å². The van der Waals surface area contributed by atoms with Gasteiger partial charge in [-0.15, -0.1) is 0 Å². The van der Waals surface area contributed by atoms with E-state index in [1.54, 1.807) is 0 Å². The summed E-state index contributed by atoms with van der Waals surface area (Å²) < 4.78 is 0. The molecule has 64 valence electrons. The highest BCUT2D eigenvalue weighted by Gasteiger charge is 2.06. The lowest BCUT2D eigenvalue weighted by atomic mass is 10.0. The predicted octanol–water partition coefficient (Wildman–Crippen LogP) is 3.25.